The highest BCUT2D eigenvalue weighted by Gasteiger charge is 2.31. The van der Waals surface area contributed by atoms with Crippen molar-refractivity contribution in [3.63, 3.8) is 0 Å². The Morgan fingerprint density at radius 3 is 2.00 bits per heavy atom. The quantitative estimate of drug-likeness (QED) is 0.531. The van der Waals surface area contributed by atoms with Crippen LogP contribution in [0.1, 0.15) is 20.3 Å². The molecule has 0 atom stereocenters. The first-order valence-electron chi connectivity index (χ1n) is 4.28. The summed E-state index contributed by atoms with van der Waals surface area (Å²) in [6.45, 7) is 3.65. The molecule has 0 saturated carbocycles. The molecule has 14 heavy (non-hydrogen) atoms. The van der Waals surface area contributed by atoms with Crippen molar-refractivity contribution < 1.29 is 22.4 Å². The molecule has 0 saturated heterocycles. The molecular weight excluding hydrogens is 281 g/mol. The van der Waals surface area contributed by atoms with Gasteiger partial charge in [-0.25, -0.2) is 0 Å². The number of halogens is 3. The third kappa shape index (κ3) is 6.87. The lowest BCUT2D eigenvalue weighted by Crippen LogP contribution is -2.10. The Hall–Kier alpha value is 0.490. The van der Waals surface area contributed by atoms with E-state index in [0.717, 1.165) is 0 Å². The predicted molar refractivity (Wildman–Crippen MR) is 54.2 cm³/mol. The minimum Gasteiger partial charge on any atom is -0.309 e. The maximum Gasteiger partial charge on any atom is 0.330 e. The molecule has 3 nitrogen and oxygen atoms in total. The van der Waals surface area contributed by atoms with Crippen LogP contribution in [0.4, 0.5) is 8.78 Å². The predicted octanol–water partition coefficient (Wildman–Crippen LogP) is 3.63. The van der Waals surface area contributed by atoms with Crippen LogP contribution in [0.5, 0.6) is 0 Å². The van der Waals surface area contributed by atoms with Crippen LogP contribution in [0.2, 0.25) is 0 Å². The molecule has 0 aliphatic carbocycles. The van der Waals surface area contributed by atoms with Crippen molar-refractivity contribution in [2.24, 2.45) is 0 Å². The van der Waals surface area contributed by atoms with Crippen LogP contribution in [0.15, 0.2) is 0 Å². The summed E-state index contributed by atoms with van der Waals surface area (Å²) in [6.07, 6.45) is -0.850. The van der Waals surface area contributed by atoms with Gasteiger partial charge in [-0.05, 0) is 29.8 Å². The summed E-state index contributed by atoms with van der Waals surface area (Å²) in [6, 6.07) is 0. The Kier molecular flexibility index (Phi) is 6.37. The Bertz CT molecular complexity index is 198. The number of hydrogen-bond acceptors (Lipinski definition) is 3. The fourth-order valence-electron chi connectivity index (χ4n) is 0.823. The Morgan fingerprint density at radius 1 is 1.29 bits per heavy atom. The Morgan fingerprint density at radius 2 is 1.71 bits per heavy atom. The minimum atomic E-state index is -3.33. The molecule has 0 spiro atoms. The molecule has 0 aromatic heterocycles. The summed E-state index contributed by atoms with van der Waals surface area (Å²) >= 11 is 2.17. The SMILES string of the molecule is CCOP(=O)(CCC(F)(F)Br)OCC. The van der Waals surface area contributed by atoms with Crippen LogP contribution >= 0.6 is 23.5 Å². The van der Waals surface area contributed by atoms with Crippen LogP contribution in [-0.2, 0) is 13.6 Å². The van der Waals surface area contributed by atoms with E-state index in [-0.39, 0.29) is 19.4 Å². The van der Waals surface area contributed by atoms with E-state index in [0.29, 0.717) is 0 Å². The molecule has 0 aromatic carbocycles. The average Bonchev–Trinajstić information content (AvgIpc) is 2.01. The molecule has 0 bridgehead atoms. The first kappa shape index (κ1) is 14.5. The third-order valence-corrected chi connectivity index (χ3v) is 3.79. The molecule has 0 rings (SSSR count). The van der Waals surface area contributed by atoms with Crippen LogP contribution in [0.3, 0.4) is 0 Å². The lowest BCUT2D eigenvalue weighted by Gasteiger charge is -2.18. The second-order valence-electron chi connectivity index (χ2n) is 2.54. The Balaban J connectivity index is 4.16. The molecule has 0 fully saturated rings. The van der Waals surface area contributed by atoms with E-state index in [9.17, 15) is 13.3 Å². The summed E-state index contributed by atoms with van der Waals surface area (Å²) < 4.78 is 46.2. The first-order chi connectivity index (χ1) is 6.33. The van der Waals surface area contributed by atoms with Crippen LogP contribution in [0.25, 0.3) is 0 Å². The van der Waals surface area contributed by atoms with Gasteiger partial charge in [-0.1, -0.05) is 0 Å². The zero-order valence-electron chi connectivity index (χ0n) is 8.13. The molecule has 86 valence electrons. The second kappa shape index (κ2) is 6.16. The molecule has 0 amide bonds. The van der Waals surface area contributed by atoms with Crippen molar-refractivity contribution in [3.8, 4) is 0 Å². The molecule has 0 unspecified atom stereocenters. The summed E-state index contributed by atoms with van der Waals surface area (Å²) in [5.41, 5.74) is 0. The number of alkyl halides is 3. The van der Waals surface area contributed by atoms with Gasteiger partial charge < -0.3 is 9.05 Å². The van der Waals surface area contributed by atoms with Gasteiger partial charge in [-0.3, -0.25) is 4.57 Å². The molecule has 7 heteroatoms. The minimum absolute atomic E-state index is 0.186. The van der Waals surface area contributed by atoms with Gasteiger partial charge in [-0.2, -0.15) is 8.78 Å². The lowest BCUT2D eigenvalue weighted by molar-refractivity contribution is 0.107. The van der Waals surface area contributed by atoms with Gasteiger partial charge >= 0.3 is 12.4 Å². The number of rotatable bonds is 7. The van der Waals surface area contributed by atoms with Crippen molar-refractivity contribution >= 4 is 23.5 Å². The van der Waals surface area contributed by atoms with Crippen molar-refractivity contribution in [2.45, 2.75) is 25.1 Å². The Labute approximate surface area is 90.8 Å². The van der Waals surface area contributed by atoms with Gasteiger partial charge in [-0.15, -0.1) is 0 Å². The van der Waals surface area contributed by atoms with Gasteiger partial charge in [0.05, 0.1) is 19.4 Å². The van der Waals surface area contributed by atoms with Crippen molar-refractivity contribution in [1.82, 2.24) is 0 Å². The largest absolute Gasteiger partial charge is 0.330 e. The van der Waals surface area contributed by atoms with Gasteiger partial charge in [0, 0.05) is 6.42 Å². The monoisotopic (exact) mass is 294 g/mol. The topological polar surface area (TPSA) is 35.5 Å². The van der Waals surface area contributed by atoms with E-state index >= 15 is 0 Å². The van der Waals surface area contributed by atoms with Gasteiger partial charge in [0.25, 0.3) is 0 Å². The van der Waals surface area contributed by atoms with Gasteiger partial charge in [0.1, 0.15) is 0 Å². The van der Waals surface area contributed by atoms with E-state index < -0.39 is 18.8 Å². The third-order valence-electron chi connectivity index (χ3n) is 1.32. The maximum atomic E-state index is 12.4. The second-order valence-corrected chi connectivity index (χ2v) is 5.88. The van der Waals surface area contributed by atoms with Crippen molar-refractivity contribution in [1.29, 1.82) is 0 Å². The van der Waals surface area contributed by atoms with Crippen molar-refractivity contribution in [3.05, 3.63) is 0 Å². The van der Waals surface area contributed by atoms with E-state index in [4.69, 9.17) is 9.05 Å². The highest BCUT2D eigenvalue weighted by atomic mass is 79.9. The highest BCUT2D eigenvalue weighted by Crippen LogP contribution is 2.50. The zero-order valence-corrected chi connectivity index (χ0v) is 10.6. The fraction of sp³-hybridized carbons (Fsp3) is 1.00. The number of hydrogen-bond donors (Lipinski definition) is 0. The molecule has 0 N–H and O–H groups in total. The summed E-state index contributed by atoms with van der Waals surface area (Å²) in [7, 11) is -3.33. The first-order valence-corrected chi connectivity index (χ1v) is 6.80. The van der Waals surface area contributed by atoms with Crippen molar-refractivity contribution in [2.75, 3.05) is 19.4 Å². The van der Waals surface area contributed by atoms with Gasteiger partial charge in [0.15, 0.2) is 0 Å². The maximum absolute atomic E-state index is 12.4. The summed E-state index contributed by atoms with van der Waals surface area (Å²) in [4.78, 5) is -3.02. The lowest BCUT2D eigenvalue weighted by atomic mass is 10.5. The average molecular weight is 295 g/mol. The van der Waals surface area contributed by atoms with E-state index in [1.165, 1.54) is 0 Å². The van der Waals surface area contributed by atoms with Crippen LogP contribution < -0.4 is 0 Å². The molecular formula is C7H14BrF2O3P. The normalized spacial score (nSPS) is 13.2. The summed E-state index contributed by atoms with van der Waals surface area (Å²) in [5, 5.41) is 0. The van der Waals surface area contributed by atoms with Crippen LogP contribution in [-0.4, -0.2) is 24.2 Å². The summed E-state index contributed by atoms with van der Waals surface area (Å²) in [5.74, 6) is 0. The highest BCUT2D eigenvalue weighted by molar-refractivity contribution is 9.10. The molecule has 0 heterocycles. The smallest absolute Gasteiger partial charge is 0.309 e. The van der Waals surface area contributed by atoms with E-state index in [1.807, 2.05) is 0 Å². The molecule has 0 aliphatic rings. The molecule has 0 aliphatic heterocycles. The molecule has 0 radical (unpaired) electrons. The van der Waals surface area contributed by atoms with Gasteiger partial charge in [0.2, 0.25) is 0 Å². The van der Waals surface area contributed by atoms with E-state index in [1.54, 1.807) is 13.8 Å². The standard InChI is InChI=1S/C7H14BrF2O3P/c1-3-12-14(11,13-4-2)6-5-7(8,9)10/h3-6H2,1-2H3. The fourth-order valence-corrected chi connectivity index (χ4v) is 3.00. The zero-order chi connectivity index (χ0) is 11.2. The van der Waals surface area contributed by atoms with E-state index in [2.05, 4.69) is 15.9 Å². The van der Waals surface area contributed by atoms with Crippen LogP contribution in [0, 0.1) is 0 Å². The molecule has 0 aromatic rings.